The van der Waals surface area contributed by atoms with Crippen molar-refractivity contribution in [3.63, 3.8) is 0 Å². The number of Topliss-reactive ketones (excluding diaryl/α,β-unsaturated/α-hetero) is 1. The number of hydrogen-bond acceptors (Lipinski definition) is 19. The maximum absolute atomic E-state index is 13.7. The summed E-state index contributed by atoms with van der Waals surface area (Å²) >= 11 is 0. The van der Waals surface area contributed by atoms with Gasteiger partial charge in [0.2, 0.25) is 0 Å². The number of aliphatic hydroxyl groups excluding tert-OH is 5. The summed E-state index contributed by atoms with van der Waals surface area (Å²) in [4.78, 5) is 78.0. The van der Waals surface area contributed by atoms with Crippen LogP contribution in [0.5, 0.6) is 0 Å². The van der Waals surface area contributed by atoms with E-state index in [0.29, 0.717) is 19.3 Å². The minimum Gasteiger partial charge on any atom is -0.462 e. The summed E-state index contributed by atoms with van der Waals surface area (Å²) in [5.74, 6) is -5.19. The van der Waals surface area contributed by atoms with E-state index in [4.69, 9.17) is 29.0 Å². The van der Waals surface area contributed by atoms with Crippen molar-refractivity contribution in [3.05, 3.63) is 47.1 Å². The van der Waals surface area contributed by atoms with E-state index in [1.54, 1.807) is 0 Å². The van der Waals surface area contributed by atoms with E-state index in [1.807, 2.05) is 6.92 Å². The number of phosphoric ester groups is 2. The number of unbranched alkanes of at least 4 members (excludes halogenated alkanes) is 13. The number of hydrogen-bond donors (Lipinski definition) is 8. The standard InChI is InChI=1S/C50H85N3O19P2/c1-3-5-7-8-9-10-11-12-13-14-15-16-17-18-20-26-46(59)70-38-33-67-45(58)25-22-21-24-37(55)31-40-42(57)32-41(56)39(28-27-36(54)23-19-6-4-2)47(60)48(61)43(35-69-74(65,66)72-73(63,64)68-34-38)71-49(40)53-30-29-44(51)52-50(53)62/h10-11,27-30,36,38-43,47-49,54,56-57,60-61H,3-9,12-26,31-35H2,1-2H3,(H,63,64)(H,65,66)(H2,51,52,62)/b11-10-,28-27+/t36-,38+,39-,40-,41+,42-,43+,47-,48+,49+/m0/s1. The number of cyclic esters (lactones) is 1. The second-order valence-corrected chi connectivity index (χ2v) is 22.4. The van der Waals surface area contributed by atoms with Crippen molar-refractivity contribution < 1.29 is 86.4 Å². The highest BCUT2D eigenvalue weighted by atomic mass is 31.3. The Morgan fingerprint density at radius 3 is 2.09 bits per heavy atom. The number of ketones is 1. The van der Waals surface area contributed by atoms with Crippen molar-refractivity contribution in [1.29, 1.82) is 0 Å². The molecule has 0 amide bonds. The first-order valence-electron chi connectivity index (χ1n) is 26.5. The van der Waals surface area contributed by atoms with E-state index in [-0.39, 0.29) is 37.9 Å². The Kier molecular flexibility index (Phi) is 31.0. The highest BCUT2D eigenvalue weighted by molar-refractivity contribution is 7.61. The molecule has 0 saturated carbocycles. The molecule has 3 rings (SSSR count). The van der Waals surface area contributed by atoms with Crippen LogP contribution in [0.4, 0.5) is 5.82 Å². The molecular weight excluding hydrogens is 1010 g/mol. The highest BCUT2D eigenvalue weighted by Gasteiger charge is 2.45. The number of aliphatic hydroxyl groups is 5. The summed E-state index contributed by atoms with van der Waals surface area (Å²) in [5.41, 5.74) is 4.67. The molecule has 2 saturated heterocycles. The zero-order valence-electron chi connectivity index (χ0n) is 43.2. The zero-order valence-corrected chi connectivity index (χ0v) is 45.0. The average Bonchev–Trinajstić information content (AvgIpc) is 3.33. The number of nitrogens with zero attached hydrogens (tertiary/aromatic N) is 2. The number of ether oxygens (including phenoxy) is 3. The van der Waals surface area contributed by atoms with Crippen molar-refractivity contribution >= 4 is 39.2 Å². The van der Waals surface area contributed by atoms with Crippen LogP contribution in [0, 0.1) is 11.8 Å². The Morgan fingerprint density at radius 1 is 0.824 bits per heavy atom. The highest BCUT2D eigenvalue weighted by Crippen LogP contribution is 2.60. The second kappa shape index (κ2) is 35.3. The van der Waals surface area contributed by atoms with Gasteiger partial charge in [-0.05, 0) is 57.4 Å². The average molecular weight is 1090 g/mol. The van der Waals surface area contributed by atoms with Crippen LogP contribution in [0.15, 0.2) is 41.4 Å². The number of allylic oxidation sites excluding steroid dienone is 2. The SMILES string of the molecule is CCCCCC/C=C\CCCCCCCCCC(=O)O[C@@H]1COC(=O)CCCCC(=O)C[C@@H]2[C@H](n3ccc(N)nc3=O)O[C@H](COP(=O)(O)OP(=O)(O)OC1)[C@@H](O)[C@@H](O)[C@@H](/C=C/[C@@H](O)CCCCC)[C@H](O)C[C@@H]2O. The number of aromatic nitrogens is 2. The lowest BCUT2D eigenvalue weighted by Gasteiger charge is -2.40. The lowest BCUT2D eigenvalue weighted by atomic mass is 9.82. The summed E-state index contributed by atoms with van der Waals surface area (Å²) in [6.45, 7) is 1.29. The largest absolute Gasteiger partial charge is 0.481 e. The molecule has 1 aromatic rings. The third kappa shape index (κ3) is 25.8. The maximum Gasteiger partial charge on any atom is 0.481 e. The Labute approximate surface area is 435 Å². The Balaban J connectivity index is 1.82. The third-order valence-electron chi connectivity index (χ3n) is 13.0. The fraction of sp³-hybridized carbons (Fsp3) is 0.780. The van der Waals surface area contributed by atoms with Crippen LogP contribution in [0.25, 0.3) is 0 Å². The summed E-state index contributed by atoms with van der Waals surface area (Å²) < 4.78 is 58.8. The van der Waals surface area contributed by atoms with Crippen LogP contribution in [0.3, 0.4) is 0 Å². The Morgan fingerprint density at radius 2 is 1.43 bits per heavy atom. The number of carbonyl (C=O) groups is 3. The van der Waals surface area contributed by atoms with Crippen molar-refractivity contribution in [3.8, 4) is 0 Å². The Bertz CT molecular complexity index is 2020. The molecule has 22 nitrogen and oxygen atoms in total. The second-order valence-electron chi connectivity index (χ2n) is 19.3. The first-order valence-corrected chi connectivity index (χ1v) is 29.5. The fourth-order valence-electron chi connectivity index (χ4n) is 8.71. The molecule has 2 fully saturated rings. The number of rotatable bonds is 23. The number of nitrogens with two attached hydrogens (primary N) is 1. The lowest BCUT2D eigenvalue weighted by Crippen LogP contribution is -2.52. The van der Waals surface area contributed by atoms with Gasteiger partial charge in [0.25, 0.3) is 0 Å². The number of carbonyl (C=O) groups excluding carboxylic acids is 3. The zero-order chi connectivity index (χ0) is 54.5. The van der Waals surface area contributed by atoms with Crippen molar-refractivity contribution in [1.82, 2.24) is 9.55 Å². The van der Waals surface area contributed by atoms with E-state index in [9.17, 15) is 63.6 Å². The Hall–Kier alpha value is -3.21. The smallest absolute Gasteiger partial charge is 0.462 e. The molecule has 0 aromatic carbocycles. The van der Waals surface area contributed by atoms with Gasteiger partial charge < -0.3 is 55.3 Å². The molecule has 2 aliphatic rings. The monoisotopic (exact) mass is 1090 g/mol. The van der Waals surface area contributed by atoms with E-state index in [1.165, 1.54) is 43.9 Å². The molecule has 2 aliphatic heterocycles. The molecule has 2 unspecified atom stereocenters. The molecular formula is C50H85N3O19P2. The number of esters is 2. The maximum atomic E-state index is 13.7. The van der Waals surface area contributed by atoms with Crippen LogP contribution < -0.4 is 11.4 Å². The molecule has 74 heavy (non-hydrogen) atoms. The molecule has 24 heteroatoms. The number of nitrogen functional groups attached to an aromatic ring is 1. The van der Waals surface area contributed by atoms with E-state index in [0.717, 1.165) is 75.0 Å². The van der Waals surface area contributed by atoms with Gasteiger partial charge in [0, 0.05) is 50.1 Å². The van der Waals surface area contributed by atoms with Gasteiger partial charge in [-0.15, -0.1) is 0 Å². The molecule has 1 aromatic heterocycles. The lowest BCUT2D eigenvalue weighted by molar-refractivity contribution is -0.196. The van der Waals surface area contributed by atoms with Crippen molar-refractivity contribution in [2.75, 3.05) is 25.6 Å². The molecule has 2 bridgehead atoms. The normalized spacial score (nSPS) is 30.2. The quantitative estimate of drug-likeness (QED) is 0.0249. The van der Waals surface area contributed by atoms with Gasteiger partial charge in [-0.3, -0.25) is 28.0 Å². The van der Waals surface area contributed by atoms with Gasteiger partial charge >= 0.3 is 33.3 Å². The summed E-state index contributed by atoms with van der Waals surface area (Å²) in [6, 6.07) is 1.18. The number of anilines is 1. The predicted molar refractivity (Wildman–Crippen MR) is 273 cm³/mol. The van der Waals surface area contributed by atoms with Crippen LogP contribution in [-0.2, 0) is 51.1 Å². The van der Waals surface area contributed by atoms with Crippen LogP contribution >= 0.6 is 15.6 Å². The van der Waals surface area contributed by atoms with Gasteiger partial charge in [-0.25, -0.2) is 13.9 Å². The topological polar surface area (TPSA) is 343 Å². The molecule has 0 aliphatic carbocycles. The van der Waals surface area contributed by atoms with Crippen molar-refractivity contribution in [2.45, 2.75) is 217 Å². The van der Waals surface area contributed by atoms with Gasteiger partial charge in [0.15, 0.2) is 6.10 Å². The number of fused-ring (bicyclic) bond motifs is 3. The van der Waals surface area contributed by atoms with E-state index >= 15 is 0 Å². The van der Waals surface area contributed by atoms with Crippen molar-refractivity contribution in [2.24, 2.45) is 11.8 Å². The van der Waals surface area contributed by atoms with E-state index in [2.05, 4.69) is 28.4 Å². The van der Waals surface area contributed by atoms with Gasteiger partial charge in [-0.2, -0.15) is 9.29 Å². The first-order chi connectivity index (χ1) is 35.3. The first kappa shape index (κ1) is 65.1. The third-order valence-corrected chi connectivity index (χ3v) is 15.6. The van der Waals surface area contributed by atoms with Gasteiger partial charge in [0.1, 0.15) is 36.6 Å². The molecule has 0 radical (unpaired) electrons. The molecule has 424 valence electrons. The minimum atomic E-state index is -5.76. The fourth-order valence-corrected chi connectivity index (χ4v) is 10.8. The minimum absolute atomic E-state index is 0.0303. The van der Waals surface area contributed by atoms with E-state index < -0.39 is 133 Å². The van der Waals surface area contributed by atoms with Crippen LogP contribution in [-0.4, -0.2) is 125 Å². The molecule has 9 N–H and O–H groups in total. The summed E-state index contributed by atoms with van der Waals surface area (Å²) in [7, 11) is -11.4. The predicted octanol–water partition coefficient (Wildman–Crippen LogP) is 6.56. The van der Waals surface area contributed by atoms with Gasteiger partial charge in [-0.1, -0.05) is 109 Å². The summed E-state index contributed by atoms with van der Waals surface area (Å²) in [6.07, 6.45) is 8.98. The molecule has 0 spiro atoms. The summed E-state index contributed by atoms with van der Waals surface area (Å²) in [5, 5.41) is 57.5. The number of phosphoric acid groups is 2. The molecule has 3 heterocycles. The van der Waals surface area contributed by atoms with Crippen LogP contribution in [0.2, 0.25) is 0 Å². The van der Waals surface area contributed by atoms with Gasteiger partial charge in [0.05, 0.1) is 37.6 Å². The molecule has 12 atom stereocenters. The van der Waals surface area contributed by atoms with Crippen LogP contribution in [0.1, 0.15) is 174 Å².